The Morgan fingerprint density at radius 1 is 0.944 bits per heavy atom. The molecule has 0 atom stereocenters. The fourth-order valence-corrected chi connectivity index (χ4v) is 1.67. The summed E-state index contributed by atoms with van der Waals surface area (Å²) in [5.74, 6) is -3.98. The zero-order valence-corrected chi connectivity index (χ0v) is 10.2. The van der Waals surface area contributed by atoms with Gasteiger partial charge in [0, 0.05) is 10.7 Å². The van der Waals surface area contributed by atoms with Crippen LogP contribution in [0, 0.1) is 24.4 Å². The van der Waals surface area contributed by atoms with Crippen LogP contribution in [0.3, 0.4) is 0 Å². The Bertz CT molecular complexity index is 599. The van der Waals surface area contributed by atoms with Crippen LogP contribution in [0.2, 0.25) is 5.02 Å². The Kier molecular flexibility index (Phi) is 3.48. The fraction of sp³-hybridized carbons (Fsp3) is 0.0769. The van der Waals surface area contributed by atoms with Crippen LogP contribution >= 0.6 is 11.6 Å². The molecular formula is C13H9ClF3N. The third-order valence-corrected chi connectivity index (χ3v) is 2.74. The maximum absolute atomic E-state index is 13.5. The number of halogens is 4. The third kappa shape index (κ3) is 2.43. The van der Waals surface area contributed by atoms with Gasteiger partial charge in [0.15, 0.2) is 17.5 Å². The molecule has 0 saturated carbocycles. The lowest BCUT2D eigenvalue weighted by molar-refractivity contribution is 0.449. The number of hydrogen-bond donors (Lipinski definition) is 1. The van der Waals surface area contributed by atoms with Gasteiger partial charge in [0.05, 0.1) is 5.69 Å². The summed E-state index contributed by atoms with van der Waals surface area (Å²) in [6.45, 7) is 1.79. The summed E-state index contributed by atoms with van der Waals surface area (Å²) < 4.78 is 39.3. The second-order valence-corrected chi connectivity index (χ2v) is 4.24. The van der Waals surface area contributed by atoms with Gasteiger partial charge < -0.3 is 5.32 Å². The fourth-order valence-electron chi connectivity index (χ4n) is 1.50. The third-order valence-electron chi connectivity index (χ3n) is 2.50. The molecule has 0 unspecified atom stereocenters. The van der Waals surface area contributed by atoms with Gasteiger partial charge in [-0.25, -0.2) is 13.2 Å². The van der Waals surface area contributed by atoms with E-state index in [1.807, 2.05) is 0 Å². The summed E-state index contributed by atoms with van der Waals surface area (Å²) in [6.07, 6.45) is 0. The van der Waals surface area contributed by atoms with Crippen LogP contribution < -0.4 is 5.32 Å². The zero-order chi connectivity index (χ0) is 13.3. The first-order chi connectivity index (χ1) is 8.49. The van der Waals surface area contributed by atoms with Crippen molar-refractivity contribution in [2.45, 2.75) is 6.92 Å². The van der Waals surface area contributed by atoms with Crippen LogP contribution in [0.15, 0.2) is 30.3 Å². The molecule has 0 fully saturated rings. The van der Waals surface area contributed by atoms with Crippen LogP contribution in [0.1, 0.15) is 5.56 Å². The van der Waals surface area contributed by atoms with Crippen molar-refractivity contribution in [2.24, 2.45) is 0 Å². The Labute approximate surface area is 107 Å². The van der Waals surface area contributed by atoms with Gasteiger partial charge in [-0.3, -0.25) is 0 Å². The van der Waals surface area contributed by atoms with Crippen molar-refractivity contribution >= 4 is 23.0 Å². The molecule has 5 heteroatoms. The minimum Gasteiger partial charge on any atom is -0.353 e. The number of hydrogen-bond acceptors (Lipinski definition) is 1. The molecule has 2 aromatic rings. The number of anilines is 2. The number of nitrogens with one attached hydrogen (secondary N) is 1. The van der Waals surface area contributed by atoms with Crippen molar-refractivity contribution in [3.63, 3.8) is 0 Å². The van der Waals surface area contributed by atoms with E-state index in [2.05, 4.69) is 5.32 Å². The summed E-state index contributed by atoms with van der Waals surface area (Å²) in [5, 5.41) is 3.15. The normalized spacial score (nSPS) is 10.5. The molecule has 0 saturated heterocycles. The minimum absolute atomic E-state index is 0.140. The lowest BCUT2D eigenvalue weighted by Gasteiger charge is -2.11. The average molecular weight is 272 g/mol. The first kappa shape index (κ1) is 12.8. The molecule has 0 aliphatic rings. The first-order valence-corrected chi connectivity index (χ1v) is 5.53. The van der Waals surface area contributed by atoms with E-state index in [1.54, 1.807) is 25.1 Å². The van der Waals surface area contributed by atoms with Crippen LogP contribution in [-0.4, -0.2) is 0 Å². The van der Waals surface area contributed by atoms with Gasteiger partial charge in [-0.2, -0.15) is 0 Å². The van der Waals surface area contributed by atoms with E-state index in [4.69, 9.17) is 11.6 Å². The van der Waals surface area contributed by atoms with Gasteiger partial charge in [0.25, 0.3) is 0 Å². The summed E-state index contributed by atoms with van der Waals surface area (Å²) in [6, 6.07) is 7.00. The van der Waals surface area contributed by atoms with Crippen LogP contribution in [0.4, 0.5) is 24.5 Å². The molecule has 0 radical (unpaired) electrons. The van der Waals surface area contributed by atoms with Crippen molar-refractivity contribution < 1.29 is 13.2 Å². The molecule has 1 N–H and O–H groups in total. The molecule has 2 aromatic carbocycles. The first-order valence-electron chi connectivity index (χ1n) is 5.15. The van der Waals surface area contributed by atoms with Crippen LogP contribution in [-0.2, 0) is 0 Å². The quantitative estimate of drug-likeness (QED) is 0.773. The molecule has 0 aromatic heterocycles. The highest BCUT2D eigenvalue weighted by Crippen LogP contribution is 2.27. The van der Waals surface area contributed by atoms with E-state index in [9.17, 15) is 13.2 Å². The second kappa shape index (κ2) is 4.90. The van der Waals surface area contributed by atoms with E-state index < -0.39 is 17.5 Å². The SMILES string of the molecule is Cc1ccc(Cl)cc1Nc1ccc(F)c(F)c1F. The standard InChI is InChI=1S/C13H9ClF3N/c1-7-2-3-8(14)6-11(7)18-10-5-4-9(15)12(16)13(10)17/h2-6,18H,1H3. The van der Waals surface area contributed by atoms with Crippen molar-refractivity contribution in [2.75, 3.05) is 5.32 Å². The number of aryl methyl sites for hydroxylation is 1. The minimum atomic E-state index is -1.50. The van der Waals surface area contributed by atoms with Gasteiger partial charge in [-0.05, 0) is 36.8 Å². The Morgan fingerprint density at radius 2 is 1.67 bits per heavy atom. The molecule has 94 valence electrons. The van der Waals surface area contributed by atoms with Crippen molar-refractivity contribution in [1.82, 2.24) is 0 Å². The van der Waals surface area contributed by atoms with E-state index in [1.165, 1.54) is 0 Å². The van der Waals surface area contributed by atoms with Crippen molar-refractivity contribution in [1.29, 1.82) is 0 Å². The Hall–Kier alpha value is -1.68. The van der Waals surface area contributed by atoms with E-state index in [-0.39, 0.29) is 5.69 Å². The monoisotopic (exact) mass is 271 g/mol. The molecule has 0 amide bonds. The Balaban J connectivity index is 2.40. The molecular weight excluding hydrogens is 263 g/mol. The highest BCUT2D eigenvalue weighted by molar-refractivity contribution is 6.30. The predicted molar refractivity (Wildman–Crippen MR) is 65.8 cm³/mol. The molecule has 1 nitrogen and oxygen atoms in total. The zero-order valence-electron chi connectivity index (χ0n) is 9.40. The van der Waals surface area contributed by atoms with Gasteiger partial charge >= 0.3 is 0 Å². The highest BCUT2D eigenvalue weighted by Gasteiger charge is 2.13. The van der Waals surface area contributed by atoms with Gasteiger partial charge in [-0.1, -0.05) is 17.7 Å². The molecule has 18 heavy (non-hydrogen) atoms. The van der Waals surface area contributed by atoms with E-state index >= 15 is 0 Å². The van der Waals surface area contributed by atoms with Crippen LogP contribution in [0.5, 0.6) is 0 Å². The average Bonchev–Trinajstić information content (AvgIpc) is 2.34. The second-order valence-electron chi connectivity index (χ2n) is 3.81. The highest BCUT2D eigenvalue weighted by atomic mass is 35.5. The maximum atomic E-state index is 13.5. The van der Waals surface area contributed by atoms with Crippen molar-refractivity contribution in [3.8, 4) is 0 Å². The summed E-state index contributed by atoms with van der Waals surface area (Å²) in [5.41, 5.74) is 1.20. The lowest BCUT2D eigenvalue weighted by atomic mass is 10.2. The maximum Gasteiger partial charge on any atom is 0.196 e. The van der Waals surface area contributed by atoms with Crippen molar-refractivity contribution in [3.05, 3.63) is 58.4 Å². The summed E-state index contributed by atoms with van der Waals surface area (Å²) in [4.78, 5) is 0. The lowest BCUT2D eigenvalue weighted by Crippen LogP contribution is -2.00. The number of rotatable bonds is 2. The number of benzene rings is 2. The smallest absolute Gasteiger partial charge is 0.196 e. The van der Waals surface area contributed by atoms with Gasteiger partial charge in [-0.15, -0.1) is 0 Å². The van der Waals surface area contributed by atoms with Gasteiger partial charge in [0.1, 0.15) is 0 Å². The predicted octanol–water partition coefficient (Wildman–Crippen LogP) is 4.81. The van der Waals surface area contributed by atoms with E-state index in [0.29, 0.717) is 10.7 Å². The van der Waals surface area contributed by atoms with Gasteiger partial charge in [0.2, 0.25) is 0 Å². The Morgan fingerprint density at radius 3 is 2.39 bits per heavy atom. The molecule has 0 aliphatic heterocycles. The molecule has 2 rings (SSSR count). The van der Waals surface area contributed by atoms with E-state index in [0.717, 1.165) is 17.7 Å². The summed E-state index contributed by atoms with van der Waals surface area (Å²) in [7, 11) is 0. The topological polar surface area (TPSA) is 12.0 Å². The molecule has 0 bridgehead atoms. The summed E-state index contributed by atoms with van der Waals surface area (Å²) >= 11 is 5.81. The molecule has 0 spiro atoms. The molecule has 0 aliphatic carbocycles. The molecule has 0 heterocycles. The van der Waals surface area contributed by atoms with Crippen LogP contribution in [0.25, 0.3) is 0 Å². The largest absolute Gasteiger partial charge is 0.353 e.